The predicted octanol–water partition coefficient (Wildman–Crippen LogP) is 3.25. The maximum atomic E-state index is 12.9. The first-order valence-electron chi connectivity index (χ1n) is 5.56. The average Bonchev–Trinajstić information content (AvgIpc) is 2.40. The van der Waals surface area contributed by atoms with Gasteiger partial charge in [0.05, 0.1) is 5.54 Å². The molecule has 2 heteroatoms. The molecule has 17 heavy (non-hydrogen) atoms. The molecule has 0 saturated heterocycles. The van der Waals surface area contributed by atoms with Crippen LogP contribution < -0.4 is 5.73 Å². The fraction of sp³-hybridized carbons (Fsp3) is 0.133. The summed E-state index contributed by atoms with van der Waals surface area (Å²) in [7, 11) is 0. The Bertz CT molecular complexity index is 478. The molecule has 0 amide bonds. The lowest BCUT2D eigenvalue weighted by Gasteiger charge is -2.29. The normalized spacial score (nSPS) is 14.3. The monoisotopic (exact) mass is 228 g/mol. The van der Waals surface area contributed by atoms with E-state index in [0.29, 0.717) is 6.42 Å². The highest BCUT2D eigenvalue weighted by Crippen LogP contribution is 2.29. The molecule has 0 fully saturated rings. The van der Waals surface area contributed by atoms with Crippen LogP contribution >= 0.6 is 0 Å². The summed E-state index contributed by atoms with van der Waals surface area (Å²) in [4.78, 5) is 0. The molecule has 1 unspecified atom stereocenters. The van der Waals surface area contributed by atoms with Crippen molar-refractivity contribution >= 4 is 0 Å². The summed E-state index contributed by atoms with van der Waals surface area (Å²) < 4.78 is 12.9. The Morgan fingerprint density at radius 1 is 0.941 bits per heavy atom. The summed E-state index contributed by atoms with van der Waals surface area (Å²) in [5.74, 6) is -0.256. The quantitative estimate of drug-likeness (QED) is 0.857. The number of benzene rings is 2. The van der Waals surface area contributed by atoms with E-state index in [4.69, 9.17) is 5.73 Å². The first kappa shape index (κ1) is 11.8. The van der Waals surface area contributed by atoms with Crippen molar-refractivity contribution in [3.05, 3.63) is 78.5 Å². The Kier molecular flexibility index (Phi) is 3.25. The number of nitrogens with two attached hydrogens (primary N) is 1. The van der Waals surface area contributed by atoms with Crippen molar-refractivity contribution in [3.63, 3.8) is 0 Å². The zero-order valence-corrected chi connectivity index (χ0v) is 9.57. The van der Waals surface area contributed by atoms with Crippen molar-refractivity contribution in [3.8, 4) is 0 Å². The van der Waals surface area contributed by atoms with Crippen LogP contribution in [0, 0.1) is 12.7 Å². The van der Waals surface area contributed by atoms with Crippen LogP contribution in [0.4, 0.5) is 4.39 Å². The van der Waals surface area contributed by atoms with Crippen molar-refractivity contribution in [1.82, 2.24) is 0 Å². The van der Waals surface area contributed by atoms with E-state index in [1.54, 1.807) is 12.1 Å². The third kappa shape index (κ3) is 2.22. The summed E-state index contributed by atoms with van der Waals surface area (Å²) in [6.07, 6.45) is 0.517. The molecular formula is C15H15FN. The Labute approximate surface area is 101 Å². The summed E-state index contributed by atoms with van der Waals surface area (Å²) >= 11 is 0. The van der Waals surface area contributed by atoms with Crippen molar-refractivity contribution in [1.29, 1.82) is 0 Å². The maximum absolute atomic E-state index is 12.9. The summed E-state index contributed by atoms with van der Waals surface area (Å²) in [6, 6.07) is 16.0. The standard InChI is InChI=1S/C15H15FN/c1-2-15(17,12-6-4-3-5-7-12)13-8-10-14(16)11-9-13/h3-11H,1-2,17H2. The maximum Gasteiger partial charge on any atom is 0.123 e. The van der Waals surface area contributed by atoms with E-state index in [9.17, 15) is 4.39 Å². The molecule has 0 bridgehead atoms. The Morgan fingerprint density at radius 3 is 2.00 bits per heavy atom. The second-order valence-corrected chi connectivity index (χ2v) is 4.09. The van der Waals surface area contributed by atoms with E-state index in [-0.39, 0.29) is 5.82 Å². The van der Waals surface area contributed by atoms with Crippen LogP contribution in [0.5, 0.6) is 0 Å². The highest BCUT2D eigenvalue weighted by Gasteiger charge is 2.27. The van der Waals surface area contributed by atoms with Gasteiger partial charge in [-0.15, -0.1) is 0 Å². The molecule has 2 rings (SSSR count). The van der Waals surface area contributed by atoms with Crippen LogP contribution in [0.25, 0.3) is 0 Å². The van der Waals surface area contributed by atoms with Crippen molar-refractivity contribution in [2.75, 3.05) is 0 Å². The molecule has 0 aliphatic rings. The fourth-order valence-corrected chi connectivity index (χ4v) is 1.94. The van der Waals surface area contributed by atoms with Crippen LogP contribution in [0.2, 0.25) is 0 Å². The number of hydrogen-bond acceptors (Lipinski definition) is 1. The molecular weight excluding hydrogens is 213 g/mol. The number of halogens is 1. The smallest absolute Gasteiger partial charge is 0.123 e. The van der Waals surface area contributed by atoms with Crippen LogP contribution in [0.15, 0.2) is 54.6 Å². The highest BCUT2D eigenvalue weighted by molar-refractivity contribution is 5.38. The minimum absolute atomic E-state index is 0.256. The van der Waals surface area contributed by atoms with E-state index in [1.807, 2.05) is 30.3 Å². The minimum atomic E-state index is -0.658. The fourth-order valence-electron chi connectivity index (χ4n) is 1.94. The van der Waals surface area contributed by atoms with Gasteiger partial charge in [0, 0.05) is 0 Å². The zero-order chi connectivity index (χ0) is 12.3. The van der Waals surface area contributed by atoms with Crippen LogP contribution in [0.3, 0.4) is 0 Å². The largest absolute Gasteiger partial charge is 0.318 e. The molecule has 1 radical (unpaired) electrons. The Morgan fingerprint density at radius 2 is 1.47 bits per heavy atom. The second-order valence-electron chi connectivity index (χ2n) is 4.09. The van der Waals surface area contributed by atoms with Gasteiger partial charge in [0.2, 0.25) is 0 Å². The molecule has 0 spiro atoms. The third-order valence-electron chi connectivity index (χ3n) is 3.04. The van der Waals surface area contributed by atoms with Crippen molar-refractivity contribution < 1.29 is 4.39 Å². The molecule has 2 aromatic rings. The van der Waals surface area contributed by atoms with Crippen molar-refractivity contribution in [2.45, 2.75) is 12.0 Å². The lowest BCUT2D eigenvalue weighted by molar-refractivity contribution is 0.542. The van der Waals surface area contributed by atoms with E-state index >= 15 is 0 Å². The molecule has 1 nitrogen and oxygen atoms in total. The van der Waals surface area contributed by atoms with Gasteiger partial charge in [-0.1, -0.05) is 49.4 Å². The summed E-state index contributed by atoms with van der Waals surface area (Å²) in [5, 5.41) is 0. The Hall–Kier alpha value is -1.67. The van der Waals surface area contributed by atoms with Gasteiger partial charge in [-0.2, -0.15) is 0 Å². The molecule has 0 aliphatic carbocycles. The van der Waals surface area contributed by atoms with Gasteiger partial charge in [0.15, 0.2) is 0 Å². The van der Waals surface area contributed by atoms with Gasteiger partial charge in [-0.25, -0.2) is 4.39 Å². The molecule has 1 atom stereocenters. The van der Waals surface area contributed by atoms with Gasteiger partial charge < -0.3 is 5.73 Å². The SMILES string of the molecule is [CH2]CC(N)(c1ccccc1)c1ccc(F)cc1. The zero-order valence-electron chi connectivity index (χ0n) is 9.57. The topological polar surface area (TPSA) is 26.0 Å². The highest BCUT2D eigenvalue weighted by atomic mass is 19.1. The molecule has 0 saturated carbocycles. The third-order valence-corrected chi connectivity index (χ3v) is 3.04. The van der Waals surface area contributed by atoms with Crippen LogP contribution in [-0.2, 0) is 5.54 Å². The lowest BCUT2D eigenvalue weighted by Crippen LogP contribution is -2.37. The molecule has 87 valence electrons. The van der Waals surface area contributed by atoms with E-state index in [2.05, 4.69) is 6.92 Å². The summed E-state index contributed by atoms with van der Waals surface area (Å²) in [6.45, 7) is 3.91. The van der Waals surface area contributed by atoms with Crippen LogP contribution in [-0.4, -0.2) is 0 Å². The van der Waals surface area contributed by atoms with Gasteiger partial charge >= 0.3 is 0 Å². The van der Waals surface area contributed by atoms with Gasteiger partial charge in [-0.05, 0) is 29.7 Å². The molecule has 0 aliphatic heterocycles. The Balaban J connectivity index is 2.48. The molecule has 0 heterocycles. The summed E-state index contributed by atoms with van der Waals surface area (Å²) in [5.41, 5.74) is 7.61. The molecule has 2 aromatic carbocycles. The molecule has 0 aromatic heterocycles. The minimum Gasteiger partial charge on any atom is -0.318 e. The van der Waals surface area contributed by atoms with E-state index in [1.165, 1.54) is 12.1 Å². The van der Waals surface area contributed by atoms with Crippen molar-refractivity contribution in [2.24, 2.45) is 5.73 Å². The lowest BCUT2D eigenvalue weighted by atomic mass is 9.82. The second kappa shape index (κ2) is 4.68. The molecule has 2 N–H and O–H groups in total. The number of rotatable bonds is 3. The number of hydrogen-bond donors (Lipinski definition) is 1. The average molecular weight is 228 g/mol. The van der Waals surface area contributed by atoms with Gasteiger partial charge in [0.25, 0.3) is 0 Å². The van der Waals surface area contributed by atoms with E-state index in [0.717, 1.165) is 11.1 Å². The van der Waals surface area contributed by atoms with E-state index < -0.39 is 5.54 Å². The van der Waals surface area contributed by atoms with Crippen LogP contribution in [0.1, 0.15) is 17.5 Å². The first-order chi connectivity index (χ1) is 8.16. The van der Waals surface area contributed by atoms with Gasteiger partial charge in [0.1, 0.15) is 5.82 Å². The first-order valence-corrected chi connectivity index (χ1v) is 5.56. The predicted molar refractivity (Wildman–Crippen MR) is 67.8 cm³/mol. The van der Waals surface area contributed by atoms with Gasteiger partial charge in [-0.3, -0.25) is 0 Å².